The molecule has 8 nitrogen and oxygen atoms in total. The Morgan fingerprint density at radius 3 is 2.64 bits per heavy atom. The molecule has 0 radical (unpaired) electrons. The lowest BCUT2D eigenvalue weighted by Gasteiger charge is -2.28. The molecule has 1 saturated heterocycles. The first-order chi connectivity index (χ1) is 10.5. The number of nitrogens with zero attached hydrogens (tertiary/aromatic N) is 2. The number of esters is 1. The van der Waals surface area contributed by atoms with Crippen LogP contribution in [0.1, 0.15) is 17.3 Å². The lowest BCUT2D eigenvalue weighted by Crippen LogP contribution is -2.36. The van der Waals surface area contributed by atoms with Crippen LogP contribution in [0.5, 0.6) is 0 Å². The summed E-state index contributed by atoms with van der Waals surface area (Å²) in [6.45, 7) is 3.04. The smallest absolute Gasteiger partial charge is 0.338 e. The number of ketones is 1. The number of Topliss-reactive ketones (excluding diaryl/α,β-unsaturated/α-hetero) is 1. The van der Waals surface area contributed by atoms with Gasteiger partial charge in [0.2, 0.25) is 0 Å². The number of hydrogen-bond donors (Lipinski definition) is 0. The standard InChI is InChI=1S/C14H16N2O6/c1-10(17)9-22-14(18)11-2-3-12(13(8-11)16(19)20)15-4-6-21-7-5-15/h2-3,8H,4-7,9H2,1H3. The number of rotatable bonds is 5. The van der Waals surface area contributed by atoms with Gasteiger partial charge in [0.05, 0.1) is 23.7 Å². The van der Waals surface area contributed by atoms with Crippen molar-refractivity contribution < 1.29 is 24.0 Å². The molecule has 0 aliphatic carbocycles. The maximum atomic E-state index is 11.8. The molecule has 0 spiro atoms. The van der Waals surface area contributed by atoms with E-state index >= 15 is 0 Å². The summed E-state index contributed by atoms with van der Waals surface area (Å²) in [7, 11) is 0. The monoisotopic (exact) mass is 308 g/mol. The molecule has 8 heteroatoms. The number of carbonyl (C=O) groups is 2. The number of ether oxygens (including phenoxy) is 2. The fourth-order valence-electron chi connectivity index (χ4n) is 2.12. The fraction of sp³-hybridized carbons (Fsp3) is 0.429. The van der Waals surface area contributed by atoms with Crippen molar-refractivity contribution in [2.24, 2.45) is 0 Å². The molecule has 0 amide bonds. The third kappa shape index (κ3) is 3.79. The van der Waals surface area contributed by atoms with Crippen molar-refractivity contribution in [1.29, 1.82) is 0 Å². The van der Waals surface area contributed by atoms with Crippen LogP contribution in [-0.2, 0) is 14.3 Å². The molecule has 1 fully saturated rings. The van der Waals surface area contributed by atoms with Crippen molar-refractivity contribution in [3.63, 3.8) is 0 Å². The van der Waals surface area contributed by atoms with E-state index in [0.29, 0.717) is 32.0 Å². The van der Waals surface area contributed by atoms with E-state index in [1.807, 2.05) is 4.90 Å². The van der Waals surface area contributed by atoms with Gasteiger partial charge in [-0.3, -0.25) is 14.9 Å². The second-order valence-electron chi connectivity index (χ2n) is 4.84. The maximum absolute atomic E-state index is 11.8. The van der Waals surface area contributed by atoms with Crippen LogP contribution < -0.4 is 4.90 Å². The third-order valence-corrected chi connectivity index (χ3v) is 3.17. The number of hydrogen-bond acceptors (Lipinski definition) is 7. The van der Waals surface area contributed by atoms with Crippen LogP contribution >= 0.6 is 0 Å². The van der Waals surface area contributed by atoms with Crippen LogP contribution in [0, 0.1) is 10.1 Å². The second kappa shape index (κ2) is 6.99. The predicted octanol–water partition coefficient (Wildman–Crippen LogP) is 1.18. The van der Waals surface area contributed by atoms with Gasteiger partial charge in [-0.1, -0.05) is 0 Å². The summed E-state index contributed by atoms with van der Waals surface area (Å²) in [6, 6.07) is 4.15. The highest BCUT2D eigenvalue weighted by Gasteiger charge is 2.23. The molecule has 1 aromatic rings. The Bertz CT molecular complexity index is 595. The minimum Gasteiger partial charge on any atom is -0.454 e. The zero-order chi connectivity index (χ0) is 16.1. The number of anilines is 1. The molecule has 22 heavy (non-hydrogen) atoms. The molecule has 1 heterocycles. The molecular weight excluding hydrogens is 292 g/mol. The molecule has 2 rings (SSSR count). The average Bonchev–Trinajstić information content (AvgIpc) is 2.52. The quantitative estimate of drug-likeness (QED) is 0.457. The number of morpholine rings is 1. The molecule has 1 aliphatic heterocycles. The molecule has 1 aromatic carbocycles. The van der Waals surface area contributed by atoms with Crippen LogP contribution in [0.15, 0.2) is 18.2 Å². The van der Waals surface area contributed by atoms with E-state index in [4.69, 9.17) is 9.47 Å². The van der Waals surface area contributed by atoms with E-state index in [1.54, 1.807) is 0 Å². The van der Waals surface area contributed by atoms with E-state index in [2.05, 4.69) is 0 Å². The first-order valence-corrected chi connectivity index (χ1v) is 6.76. The summed E-state index contributed by atoms with van der Waals surface area (Å²) in [5.74, 6) is -1.06. The van der Waals surface area contributed by atoms with Crippen molar-refractivity contribution in [1.82, 2.24) is 0 Å². The minimum atomic E-state index is -0.758. The van der Waals surface area contributed by atoms with E-state index in [0.717, 1.165) is 0 Å². The first-order valence-electron chi connectivity index (χ1n) is 6.76. The maximum Gasteiger partial charge on any atom is 0.338 e. The van der Waals surface area contributed by atoms with Crippen LogP contribution in [-0.4, -0.2) is 49.6 Å². The van der Waals surface area contributed by atoms with Gasteiger partial charge in [-0.2, -0.15) is 0 Å². The summed E-state index contributed by atoms with van der Waals surface area (Å²) in [5, 5.41) is 11.2. The number of nitro groups is 1. The molecule has 0 aromatic heterocycles. The van der Waals surface area contributed by atoms with Gasteiger partial charge in [0.15, 0.2) is 5.78 Å². The Morgan fingerprint density at radius 1 is 1.36 bits per heavy atom. The Kier molecular flexibility index (Phi) is 5.05. The summed E-state index contributed by atoms with van der Waals surface area (Å²) in [4.78, 5) is 35.1. The van der Waals surface area contributed by atoms with Crippen molar-refractivity contribution in [2.45, 2.75) is 6.92 Å². The SMILES string of the molecule is CC(=O)COC(=O)c1ccc(N2CCOCC2)c([N+](=O)[O-])c1. The highest BCUT2D eigenvalue weighted by molar-refractivity contribution is 5.93. The largest absolute Gasteiger partial charge is 0.454 e. The van der Waals surface area contributed by atoms with E-state index < -0.39 is 10.9 Å². The van der Waals surface area contributed by atoms with Gasteiger partial charge in [-0.05, 0) is 19.1 Å². The number of carbonyl (C=O) groups excluding carboxylic acids is 2. The van der Waals surface area contributed by atoms with Gasteiger partial charge < -0.3 is 14.4 Å². The Balaban J connectivity index is 2.24. The Morgan fingerprint density at radius 2 is 2.05 bits per heavy atom. The second-order valence-corrected chi connectivity index (χ2v) is 4.84. The Labute approximate surface area is 126 Å². The van der Waals surface area contributed by atoms with Gasteiger partial charge in [-0.15, -0.1) is 0 Å². The lowest BCUT2D eigenvalue weighted by atomic mass is 10.1. The van der Waals surface area contributed by atoms with Gasteiger partial charge in [0.25, 0.3) is 5.69 Å². The fourth-order valence-corrected chi connectivity index (χ4v) is 2.12. The van der Waals surface area contributed by atoms with Crippen molar-refractivity contribution >= 4 is 23.1 Å². The molecule has 0 saturated carbocycles. The highest BCUT2D eigenvalue weighted by atomic mass is 16.6. The molecule has 0 atom stereocenters. The van der Waals surface area contributed by atoms with Crippen molar-refractivity contribution in [3.8, 4) is 0 Å². The summed E-state index contributed by atoms with van der Waals surface area (Å²) >= 11 is 0. The average molecular weight is 308 g/mol. The Hall–Kier alpha value is -2.48. The zero-order valence-electron chi connectivity index (χ0n) is 12.1. The minimum absolute atomic E-state index is 0.0463. The van der Waals surface area contributed by atoms with Crippen molar-refractivity contribution in [3.05, 3.63) is 33.9 Å². The number of benzene rings is 1. The summed E-state index contributed by atoms with van der Waals surface area (Å²) < 4.78 is 9.99. The zero-order valence-corrected chi connectivity index (χ0v) is 12.1. The van der Waals surface area contributed by atoms with Crippen molar-refractivity contribution in [2.75, 3.05) is 37.8 Å². The van der Waals surface area contributed by atoms with Gasteiger partial charge in [-0.25, -0.2) is 4.79 Å². The van der Waals surface area contributed by atoms with E-state index in [1.165, 1.54) is 25.1 Å². The highest BCUT2D eigenvalue weighted by Crippen LogP contribution is 2.30. The predicted molar refractivity (Wildman–Crippen MR) is 77.1 cm³/mol. The van der Waals surface area contributed by atoms with E-state index in [9.17, 15) is 19.7 Å². The molecule has 118 valence electrons. The van der Waals surface area contributed by atoms with Gasteiger partial charge in [0, 0.05) is 19.2 Å². The van der Waals surface area contributed by atoms with Crippen LogP contribution in [0.2, 0.25) is 0 Å². The van der Waals surface area contributed by atoms with Gasteiger partial charge >= 0.3 is 5.97 Å². The molecule has 0 unspecified atom stereocenters. The lowest BCUT2D eigenvalue weighted by molar-refractivity contribution is -0.384. The van der Waals surface area contributed by atoms with E-state index in [-0.39, 0.29) is 23.6 Å². The first kappa shape index (κ1) is 15.9. The topological polar surface area (TPSA) is 99.0 Å². The molecular formula is C14H16N2O6. The van der Waals surface area contributed by atoms with Crippen LogP contribution in [0.4, 0.5) is 11.4 Å². The van der Waals surface area contributed by atoms with Crippen LogP contribution in [0.25, 0.3) is 0 Å². The molecule has 1 aliphatic rings. The normalized spacial score (nSPS) is 14.5. The molecule has 0 bridgehead atoms. The summed E-state index contributed by atoms with van der Waals surface area (Å²) in [6.07, 6.45) is 0. The third-order valence-electron chi connectivity index (χ3n) is 3.17. The number of nitro benzene ring substituents is 1. The van der Waals surface area contributed by atoms with Crippen LogP contribution in [0.3, 0.4) is 0 Å². The van der Waals surface area contributed by atoms with Gasteiger partial charge in [0.1, 0.15) is 12.3 Å². The molecule has 0 N–H and O–H groups in total. The summed E-state index contributed by atoms with van der Waals surface area (Å²) in [5.41, 5.74) is 0.320.